The highest BCUT2D eigenvalue weighted by Gasteiger charge is 2.33. The van der Waals surface area contributed by atoms with Crippen molar-refractivity contribution in [3.8, 4) is 17.2 Å². The van der Waals surface area contributed by atoms with Gasteiger partial charge in [-0.2, -0.15) is 0 Å². The minimum Gasteiger partial charge on any atom is -0.493 e. The second-order valence-corrected chi connectivity index (χ2v) is 8.21. The van der Waals surface area contributed by atoms with Crippen LogP contribution in [0.1, 0.15) is 41.0 Å². The maximum atomic E-state index is 12.6. The van der Waals surface area contributed by atoms with Gasteiger partial charge in [0, 0.05) is 42.6 Å². The van der Waals surface area contributed by atoms with Crippen LogP contribution in [0.4, 0.5) is 0 Å². The minimum atomic E-state index is 0.0622. The van der Waals surface area contributed by atoms with E-state index in [1.54, 1.807) is 0 Å². The summed E-state index contributed by atoms with van der Waals surface area (Å²) in [6, 6.07) is 9.98. The summed E-state index contributed by atoms with van der Waals surface area (Å²) < 4.78 is 17.6. The van der Waals surface area contributed by atoms with Crippen molar-refractivity contribution in [1.82, 2.24) is 4.90 Å². The molecule has 0 saturated carbocycles. The van der Waals surface area contributed by atoms with Crippen LogP contribution in [-0.4, -0.2) is 43.7 Å². The Labute approximate surface area is 171 Å². The third kappa shape index (κ3) is 3.54. The molecule has 152 valence electrons. The molecule has 3 heterocycles. The van der Waals surface area contributed by atoms with E-state index in [0.29, 0.717) is 5.92 Å². The lowest BCUT2D eigenvalue weighted by Crippen LogP contribution is -2.40. The van der Waals surface area contributed by atoms with Crippen LogP contribution in [0.5, 0.6) is 17.2 Å². The first-order valence-corrected chi connectivity index (χ1v) is 10.6. The first-order chi connectivity index (χ1) is 14.2. The molecule has 5 rings (SSSR count). The number of piperidine rings is 1. The zero-order valence-electron chi connectivity index (χ0n) is 16.9. The van der Waals surface area contributed by atoms with Crippen molar-refractivity contribution in [3.05, 3.63) is 52.6 Å². The predicted octanol–water partition coefficient (Wildman–Crippen LogP) is 3.65. The number of carbonyl (C=O) groups excluding carboxylic acids is 1. The molecule has 3 aliphatic rings. The minimum absolute atomic E-state index is 0.0622. The van der Waals surface area contributed by atoms with Crippen LogP contribution >= 0.6 is 0 Å². The molecule has 5 heteroatoms. The zero-order chi connectivity index (χ0) is 19.8. The van der Waals surface area contributed by atoms with Crippen molar-refractivity contribution >= 4 is 5.91 Å². The summed E-state index contributed by atoms with van der Waals surface area (Å²) in [5, 5.41) is 0. The SMILES string of the molecule is Cc1ccc(OCC(=O)N2CCC(c3c4c(cc5c3OCC5)OCC4)CC2)cc1. The Kier molecular flexibility index (Phi) is 4.82. The van der Waals surface area contributed by atoms with Crippen LogP contribution < -0.4 is 14.2 Å². The largest absolute Gasteiger partial charge is 0.493 e. The van der Waals surface area contributed by atoms with E-state index in [1.807, 2.05) is 36.1 Å². The van der Waals surface area contributed by atoms with E-state index in [4.69, 9.17) is 14.2 Å². The van der Waals surface area contributed by atoms with E-state index >= 15 is 0 Å². The molecule has 3 aliphatic heterocycles. The predicted molar refractivity (Wildman–Crippen MR) is 110 cm³/mol. The van der Waals surface area contributed by atoms with Crippen LogP contribution in [0.15, 0.2) is 30.3 Å². The van der Waals surface area contributed by atoms with Gasteiger partial charge >= 0.3 is 0 Å². The molecule has 0 N–H and O–H groups in total. The fourth-order valence-electron chi connectivity index (χ4n) is 4.74. The lowest BCUT2D eigenvalue weighted by atomic mass is 9.84. The number of hydrogen-bond acceptors (Lipinski definition) is 4. The monoisotopic (exact) mass is 393 g/mol. The molecular formula is C24H27NO4. The molecule has 2 aromatic carbocycles. The third-order valence-corrected chi connectivity index (χ3v) is 6.33. The molecular weight excluding hydrogens is 366 g/mol. The zero-order valence-corrected chi connectivity index (χ0v) is 16.9. The van der Waals surface area contributed by atoms with E-state index < -0.39 is 0 Å². The maximum absolute atomic E-state index is 12.6. The fraction of sp³-hybridized carbons (Fsp3) is 0.458. The second kappa shape index (κ2) is 7.62. The van der Waals surface area contributed by atoms with Crippen molar-refractivity contribution in [3.63, 3.8) is 0 Å². The number of benzene rings is 2. The lowest BCUT2D eigenvalue weighted by molar-refractivity contribution is -0.134. The summed E-state index contributed by atoms with van der Waals surface area (Å²) in [4.78, 5) is 14.5. The van der Waals surface area contributed by atoms with Gasteiger partial charge in [-0.1, -0.05) is 17.7 Å². The Morgan fingerprint density at radius 2 is 1.86 bits per heavy atom. The Hall–Kier alpha value is -2.69. The maximum Gasteiger partial charge on any atom is 0.260 e. The molecule has 5 nitrogen and oxygen atoms in total. The topological polar surface area (TPSA) is 48.0 Å². The van der Waals surface area contributed by atoms with E-state index in [1.165, 1.54) is 22.3 Å². The quantitative estimate of drug-likeness (QED) is 0.796. The molecule has 0 bridgehead atoms. The molecule has 1 saturated heterocycles. The smallest absolute Gasteiger partial charge is 0.260 e. The van der Waals surface area contributed by atoms with Crippen molar-refractivity contribution in [1.29, 1.82) is 0 Å². The van der Waals surface area contributed by atoms with Crippen molar-refractivity contribution in [2.45, 2.75) is 38.5 Å². The number of nitrogens with zero attached hydrogens (tertiary/aromatic N) is 1. The van der Waals surface area contributed by atoms with Crippen LogP contribution in [0.2, 0.25) is 0 Å². The van der Waals surface area contributed by atoms with Gasteiger partial charge in [-0.15, -0.1) is 0 Å². The van der Waals surface area contributed by atoms with Crippen LogP contribution in [0.3, 0.4) is 0 Å². The fourth-order valence-corrected chi connectivity index (χ4v) is 4.74. The van der Waals surface area contributed by atoms with E-state index in [-0.39, 0.29) is 12.5 Å². The number of aryl methyl sites for hydroxylation is 1. The summed E-state index contributed by atoms with van der Waals surface area (Å²) in [6.45, 7) is 5.19. The number of likely N-dealkylation sites (tertiary alicyclic amines) is 1. The third-order valence-electron chi connectivity index (χ3n) is 6.33. The molecule has 1 fully saturated rings. The highest BCUT2D eigenvalue weighted by molar-refractivity contribution is 5.78. The molecule has 0 aliphatic carbocycles. The van der Waals surface area contributed by atoms with E-state index in [9.17, 15) is 4.79 Å². The average Bonchev–Trinajstić information content (AvgIpc) is 3.40. The molecule has 0 radical (unpaired) electrons. The van der Waals surface area contributed by atoms with Crippen LogP contribution in [-0.2, 0) is 17.6 Å². The number of carbonyl (C=O) groups is 1. The average molecular weight is 393 g/mol. The standard InChI is InChI=1S/C24H27NO4/c1-16-2-4-19(5-3-16)29-15-22(26)25-10-6-17(7-11-25)23-20-9-13-27-21(20)14-18-8-12-28-24(18)23/h2-5,14,17H,6-13,15H2,1H3. The highest BCUT2D eigenvalue weighted by atomic mass is 16.5. The second-order valence-electron chi connectivity index (χ2n) is 8.21. The number of ether oxygens (including phenoxy) is 3. The van der Waals surface area contributed by atoms with Crippen LogP contribution in [0, 0.1) is 6.92 Å². The molecule has 0 atom stereocenters. The van der Waals surface area contributed by atoms with Gasteiger partial charge in [0.1, 0.15) is 17.2 Å². The van der Waals surface area contributed by atoms with Gasteiger partial charge in [0.2, 0.25) is 0 Å². The van der Waals surface area contributed by atoms with Crippen molar-refractivity contribution in [2.24, 2.45) is 0 Å². The molecule has 29 heavy (non-hydrogen) atoms. The summed E-state index contributed by atoms with van der Waals surface area (Å²) in [7, 11) is 0. The van der Waals surface area contributed by atoms with Gasteiger partial charge in [0.15, 0.2) is 6.61 Å². The summed E-state index contributed by atoms with van der Waals surface area (Å²) in [5.41, 5.74) is 5.15. The Morgan fingerprint density at radius 3 is 2.66 bits per heavy atom. The first-order valence-electron chi connectivity index (χ1n) is 10.6. The lowest BCUT2D eigenvalue weighted by Gasteiger charge is -2.33. The summed E-state index contributed by atoms with van der Waals surface area (Å²) in [5.74, 6) is 3.38. The molecule has 0 aromatic heterocycles. The van der Waals surface area contributed by atoms with Gasteiger partial charge in [-0.25, -0.2) is 0 Å². The van der Waals surface area contributed by atoms with Gasteiger partial charge in [-0.05, 0) is 43.9 Å². The van der Waals surface area contributed by atoms with E-state index in [0.717, 1.165) is 69.2 Å². The van der Waals surface area contributed by atoms with Gasteiger partial charge in [0.25, 0.3) is 5.91 Å². The van der Waals surface area contributed by atoms with Gasteiger partial charge < -0.3 is 19.1 Å². The summed E-state index contributed by atoms with van der Waals surface area (Å²) in [6.07, 6.45) is 3.85. The van der Waals surface area contributed by atoms with Gasteiger partial charge in [-0.3, -0.25) is 4.79 Å². The Bertz CT molecular complexity index is 881. The van der Waals surface area contributed by atoms with Crippen LogP contribution in [0.25, 0.3) is 0 Å². The number of hydrogen-bond donors (Lipinski definition) is 0. The molecule has 1 amide bonds. The Balaban J connectivity index is 1.23. The first kappa shape index (κ1) is 18.3. The summed E-state index contributed by atoms with van der Waals surface area (Å²) >= 11 is 0. The van der Waals surface area contributed by atoms with Gasteiger partial charge in [0.05, 0.1) is 13.2 Å². The Morgan fingerprint density at radius 1 is 1.10 bits per heavy atom. The number of amides is 1. The molecule has 2 aromatic rings. The van der Waals surface area contributed by atoms with Crippen molar-refractivity contribution < 1.29 is 19.0 Å². The normalized spacial score (nSPS) is 18.0. The highest BCUT2D eigenvalue weighted by Crippen LogP contribution is 2.46. The number of fused-ring (bicyclic) bond motifs is 2. The number of rotatable bonds is 4. The van der Waals surface area contributed by atoms with E-state index in [2.05, 4.69) is 6.07 Å². The molecule has 0 spiro atoms. The van der Waals surface area contributed by atoms with Crippen molar-refractivity contribution in [2.75, 3.05) is 32.9 Å². The molecule has 0 unspecified atom stereocenters.